The summed E-state index contributed by atoms with van der Waals surface area (Å²) in [5, 5.41) is 3.32. The zero-order valence-corrected chi connectivity index (χ0v) is 13.9. The van der Waals surface area contributed by atoms with Gasteiger partial charge >= 0.3 is 5.97 Å². The van der Waals surface area contributed by atoms with E-state index in [9.17, 15) is 4.79 Å². The molecular weight excluding hydrogens is 318 g/mol. The maximum Gasteiger partial charge on any atom is 0.341 e. The van der Waals surface area contributed by atoms with Crippen molar-refractivity contribution in [3.05, 3.63) is 47.8 Å². The number of nitrogens with two attached hydrogens (primary N) is 3. The van der Waals surface area contributed by atoms with Gasteiger partial charge in [0.2, 0.25) is 0 Å². The van der Waals surface area contributed by atoms with Crippen LogP contribution in [0.1, 0.15) is 34.9 Å². The Balaban J connectivity index is 1.88. The highest BCUT2D eigenvalue weighted by Gasteiger charge is 2.29. The second-order valence-corrected chi connectivity index (χ2v) is 6.27. The Hall–Kier alpha value is -2.80. The van der Waals surface area contributed by atoms with Crippen LogP contribution in [0, 0.1) is 5.92 Å². The number of pyridine rings is 1. The Labute approximate surface area is 146 Å². The number of carbonyl (C=O) groups is 1. The van der Waals surface area contributed by atoms with E-state index in [1.54, 1.807) is 12.4 Å². The molecule has 0 bridgehead atoms. The summed E-state index contributed by atoms with van der Waals surface area (Å²) in [6.07, 6.45) is 4.89. The summed E-state index contributed by atoms with van der Waals surface area (Å²) < 4.78 is 5.87. The lowest BCUT2D eigenvalue weighted by molar-refractivity contribution is 0.00798. The molecule has 7 heteroatoms. The van der Waals surface area contributed by atoms with E-state index in [1.807, 2.05) is 12.1 Å². The van der Waals surface area contributed by atoms with E-state index in [0.717, 1.165) is 31.5 Å². The van der Waals surface area contributed by atoms with Gasteiger partial charge in [-0.3, -0.25) is 4.98 Å². The Morgan fingerprint density at radius 1 is 1.16 bits per heavy atom. The molecule has 0 amide bonds. The van der Waals surface area contributed by atoms with Gasteiger partial charge < -0.3 is 27.3 Å². The van der Waals surface area contributed by atoms with Crippen molar-refractivity contribution in [2.75, 3.05) is 30.3 Å². The predicted molar refractivity (Wildman–Crippen MR) is 97.7 cm³/mol. The number of piperidine rings is 1. The molecule has 7 N–H and O–H groups in total. The molecule has 1 aromatic heterocycles. The first-order valence-electron chi connectivity index (χ1n) is 8.32. The van der Waals surface area contributed by atoms with Crippen LogP contribution in [0.25, 0.3) is 0 Å². The first-order valence-corrected chi connectivity index (χ1v) is 8.32. The van der Waals surface area contributed by atoms with Crippen LogP contribution in [0.4, 0.5) is 17.1 Å². The normalized spacial score (nSPS) is 16.3. The number of hydrogen-bond acceptors (Lipinski definition) is 7. The van der Waals surface area contributed by atoms with Crippen LogP contribution < -0.4 is 22.5 Å². The standard InChI is InChI=1S/C18H23N5O2/c19-13-9-14(16(21)15(20)10-13)18(24)25-17(11-1-5-22-6-2-11)12-3-7-23-8-4-12/h1-2,5-6,9-10,12,17,23H,3-4,7-8,19-21H2. The fourth-order valence-corrected chi connectivity index (χ4v) is 3.18. The van der Waals surface area contributed by atoms with Crippen LogP contribution in [0.3, 0.4) is 0 Å². The highest BCUT2D eigenvalue weighted by molar-refractivity contribution is 5.99. The molecule has 2 heterocycles. The number of ether oxygens (including phenoxy) is 1. The van der Waals surface area contributed by atoms with Crippen molar-refractivity contribution in [3.63, 3.8) is 0 Å². The average Bonchev–Trinajstić information content (AvgIpc) is 2.64. The van der Waals surface area contributed by atoms with Crippen molar-refractivity contribution in [1.82, 2.24) is 10.3 Å². The first kappa shape index (κ1) is 17.0. The van der Waals surface area contributed by atoms with Crippen molar-refractivity contribution in [1.29, 1.82) is 0 Å². The number of nitrogens with zero attached hydrogens (tertiary/aromatic N) is 1. The number of benzene rings is 1. The second-order valence-electron chi connectivity index (χ2n) is 6.27. The van der Waals surface area contributed by atoms with Crippen LogP contribution in [-0.4, -0.2) is 24.0 Å². The van der Waals surface area contributed by atoms with Gasteiger partial charge in [0.1, 0.15) is 6.10 Å². The maximum absolute atomic E-state index is 12.8. The van der Waals surface area contributed by atoms with Crippen LogP contribution >= 0.6 is 0 Å². The third-order valence-corrected chi connectivity index (χ3v) is 4.53. The van der Waals surface area contributed by atoms with Crippen molar-refractivity contribution >= 4 is 23.0 Å². The summed E-state index contributed by atoms with van der Waals surface area (Å²) in [6, 6.07) is 6.77. The van der Waals surface area contributed by atoms with Crippen molar-refractivity contribution in [2.45, 2.75) is 18.9 Å². The van der Waals surface area contributed by atoms with Crippen LogP contribution in [0.15, 0.2) is 36.7 Å². The number of aromatic nitrogens is 1. The molecule has 1 aliphatic heterocycles. The molecule has 1 fully saturated rings. The number of nitrogens with one attached hydrogen (secondary N) is 1. The number of esters is 1. The molecule has 1 aliphatic rings. The highest BCUT2D eigenvalue weighted by atomic mass is 16.5. The summed E-state index contributed by atoms with van der Waals surface area (Å²) in [7, 11) is 0. The van der Waals surface area contributed by atoms with Crippen molar-refractivity contribution in [2.24, 2.45) is 5.92 Å². The minimum absolute atomic E-state index is 0.193. The zero-order chi connectivity index (χ0) is 17.8. The molecule has 0 spiro atoms. The number of hydrogen-bond donors (Lipinski definition) is 4. The Morgan fingerprint density at radius 3 is 2.52 bits per heavy atom. The monoisotopic (exact) mass is 341 g/mol. The van der Waals surface area contributed by atoms with Gasteiger partial charge in [-0.25, -0.2) is 4.79 Å². The molecule has 0 aliphatic carbocycles. The zero-order valence-electron chi connectivity index (χ0n) is 13.9. The minimum Gasteiger partial charge on any atom is -0.454 e. The molecule has 132 valence electrons. The summed E-state index contributed by atoms with van der Waals surface area (Å²) in [6.45, 7) is 1.80. The summed E-state index contributed by atoms with van der Waals surface area (Å²) >= 11 is 0. The molecule has 1 aromatic carbocycles. The van der Waals surface area contributed by atoms with Gasteiger partial charge in [-0.1, -0.05) is 0 Å². The summed E-state index contributed by atoms with van der Waals surface area (Å²) in [4.78, 5) is 16.8. The van der Waals surface area contributed by atoms with Gasteiger partial charge in [-0.2, -0.15) is 0 Å². The topological polar surface area (TPSA) is 129 Å². The van der Waals surface area contributed by atoms with Crippen LogP contribution in [0.5, 0.6) is 0 Å². The molecule has 0 saturated carbocycles. The lowest BCUT2D eigenvalue weighted by Gasteiger charge is -2.30. The lowest BCUT2D eigenvalue weighted by Crippen LogP contribution is -2.32. The fourth-order valence-electron chi connectivity index (χ4n) is 3.18. The second kappa shape index (κ2) is 7.40. The van der Waals surface area contributed by atoms with Crippen molar-refractivity contribution in [3.8, 4) is 0 Å². The Bertz CT molecular complexity index is 745. The molecule has 1 atom stereocenters. The van der Waals surface area contributed by atoms with E-state index in [0.29, 0.717) is 5.69 Å². The molecular formula is C18H23N5O2. The Morgan fingerprint density at radius 2 is 1.84 bits per heavy atom. The maximum atomic E-state index is 12.8. The van der Waals surface area contributed by atoms with E-state index in [4.69, 9.17) is 21.9 Å². The van der Waals surface area contributed by atoms with Crippen LogP contribution in [0.2, 0.25) is 0 Å². The fraction of sp³-hybridized carbons (Fsp3) is 0.333. The minimum atomic E-state index is -0.517. The first-order chi connectivity index (χ1) is 12.1. The third kappa shape index (κ3) is 3.83. The van der Waals surface area contributed by atoms with E-state index in [-0.39, 0.29) is 29.0 Å². The van der Waals surface area contributed by atoms with Gasteiger partial charge in [0.25, 0.3) is 0 Å². The van der Waals surface area contributed by atoms with Gasteiger partial charge in [-0.05, 0) is 55.8 Å². The highest BCUT2D eigenvalue weighted by Crippen LogP contribution is 2.34. The predicted octanol–water partition coefficient (Wildman–Crippen LogP) is 1.73. The average molecular weight is 341 g/mol. The quantitative estimate of drug-likeness (QED) is 0.492. The molecule has 7 nitrogen and oxygen atoms in total. The van der Waals surface area contributed by atoms with Gasteiger partial charge in [0.05, 0.1) is 16.9 Å². The summed E-state index contributed by atoms with van der Waals surface area (Å²) in [5.41, 5.74) is 19.5. The third-order valence-electron chi connectivity index (χ3n) is 4.53. The van der Waals surface area contributed by atoms with Gasteiger partial charge in [0.15, 0.2) is 0 Å². The van der Waals surface area contributed by atoms with E-state index in [1.165, 1.54) is 12.1 Å². The molecule has 25 heavy (non-hydrogen) atoms. The van der Waals surface area contributed by atoms with Crippen LogP contribution in [-0.2, 0) is 4.74 Å². The lowest BCUT2D eigenvalue weighted by atomic mass is 9.88. The van der Waals surface area contributed by atoms with E-state index in [2.05, 4.69) is 10.3 Å². The van der Waals surface area contributed by atoms with Gasteiger partial charge in [0, 0.05) is 24.0 Å². The smallest absolute Gasteiger partial charge is 0.341 e. The number of nitrogen functional groups attached to an aromatic ring is 3. The van der Waals surface area contributed by atoms with E-state index >= 15 is 0 Å². The SMILES string of the molecule is Nc1cc(N)c(N)c(C(=O)OC(c2ccncc2)C2CCNCC2)c1. The molecule has 2 aromatic rings. The molecule has 1 unspecified atom stereocenters. The molecule has 1 saturated heterocycles. The Kier molecular flexibility index (Phi) is 5.04. The number of rotatable bonds is 4. The number of anilines is 3. The van der Waals surface area contributed by atoms with E-state index < -0.39 is 5.97 Å². The number of carbonyl (C=O) groups excluding carboxylic acids is 1. The van der Waals surface area contributed by atoms with Gasteiger partial charge in [-0.15, -0.1) is 0 Å². The summed E-state index contributed by atoms with van der Waals surface area (Å²) in [5.74, 6) is -0.288. The molecule has 0 radical (unpaired) electrons. The van der Waals surface area contributed by atoms with Crippen molar-refractivity contribution < 1.29 is 9.53 Å². The molecule has 3 rings (SSSR count). The largest absolute Gasteiger partial charge is 0.454 e.